The summed E-state index contributed by atoms with van der Waals surface area (Å²) in [5.74, 6) is 0.575. The van der Waals surface area contributed by atoms with Crippen molar-refractivity contribution in [3.63, 3.8) is 0 Å². The van der Waals surface area contributed by atoms with Gasteiger partial charge in [-0.25, -0.2) is 4.79 Å². The van der Waals surface area contributed by atoms with Crippen molar-refractivity contribution in [1.82, 2.24) is 14.7 Å². The first-order valence-corrected chi connectivity index (χ1v) is 10.2. The Bertz CT molecular complexity index is 892. The highest BCUT2D eigenvalue weighted by molar-refractivity contribution is 5.83. The van der Waals surface area contributed by atoms with Crippen LogP contribution in [-0.4, -0.2) is 44.4 Å². The van der Waals surface area contributed by atoms with Gasteiger partial charge in [0.15, 0.2) is 0 Å². The zero-order valence-corrected chi connectivity index (χ0v) is 17.7. The number of amides is 1. The minimum atomic E-state index is -0.465. The average Bonchev–Trinajstić information content (AvgIpc) is 2.96. The van der Waals surface area contributed by atoms with Gasteiger partial charge >= 0.3 is 6.09 Å². The second kappa shape index (κ2) is 8.39. The second-order valence-electron chi connectivity index (χ2n) is 8.82. The van der Waals surface area contributed by atoms with Gasteiger partial charge in [0.25, 0.3) is 5.69 Å². The minimum absolute atomic E-state index is 0.0909. The number of aryl methyl sites for hydroxylation is 2. The molecule has 29 heavy (non-hydrogen) atoms. The number of ether oxygens (including phenoxy) is 1. The molecular formula is C21H30N4O4. The van der Waals surface area contributed by atoms with Gasteiger partial charge in [-0.2, -0.15) is 5.10 Å². The minimum Gasteiger partial charge on any atom is -0.444 e. The van der Waals surface area contributed by atoms with E-state index in [1.807, 2.05) is 32.4 Å². The lowest BCUT2D eigenvalue weighted by molar-refractivity contribution is -0.384. The predicted octanol–water partition coefficient (Wildman–Crippen LogP) is 4.68. The number of non-ortho nitro benzene ring substituents is 1. The van der Waals surface area contributed by atoms with Crippen molar-refractivity contribution < 1.29 is 14.5 Å². The third-order valence-electron chi connectivity index (χ3n) is 5.38. The molecule has 2 heterocycles. The Labute approximate surface area is 171 Å². The van der Waals surface area contributed by atoms with Crippen LogP contribution in [0.2, 0.25) is 0 Å². The van der Waals surface area contributed by atoms with E-state index in [1.165, 1.54) is 6.07 Å². The van der Waals surface area contributed by atoms with Crippen LogP contribution in [0.1, 0.15) is 52.1 Å². The number of fused-ring (bicyclic) bond motifs is 1. The van der Waals surface area contributed by atoms with Gasteiger partial charge in [0.1, 0.15) is 5.60 Å². The number of carbonyl (C=O) groups excluding carboxylic acids is 1. The summed E-state index contributed by atoms with van der Waals surface area (Å²) >= 11 is 0. The largest absolute Gasteiger partial charge is 0.444 e. The van der Waals surface area contributed by atoms with Crippen LogP contribution >= 0.6 is 0 Å². The van der Waals surface area contributed by atoms with Crippen molar-refractivity contribution in [2.24, 2.45) is 5.92 Å². The number of benzene rings is 1. The monoisotopic (exact) mass is 402 g/mol. The Morgan fingerprint density at radius 1 is 1.31 bits per heavy atom. The van der Waals surface area contributed by atoms with Crippen LogP contribution in [0.25, 0.3) is 10.9 Å². The highest BCUT2D eigenvalue weighted by atomic mass is 16.6. The number of hydrogen-bond acceptors (Lipinski definition) is 5. The third-order valence-corrected chi connectivity index (χ3v) is 5.38. The number of nitrogens with zero attached hydrogens (tertiary/aromatic N) is 4. The molecule has 1 aromatic heterocycles. The van der Waals surface area contributed by atoms with Gasteiger partial charge in [0, 0.05) is 37.2 Å². The SMILES string of the molecule is Cc1nn(CCCC2CCN(C(=O)OC(C)(C)C)CC2)c2cc([N+](=O)[O-])ccc12. The molecule has 1 saturated heterocycles. The molecule has 1 aromatic carbocycles. The smallest absolute Gasteiger partial charge is 0.410 e. The summed E-state index contributed by atoms with van der Waals surface area (Å²) < 4.78 is 7.33. The fraction of sp³-hybridized carbons (Fsp3) is 0.619. The summed E-state index contributed by atoms with van der Waals surface area (Å²) in [5.41, 5.74) is 1.33. The van der Waals surface area contributed by atoms with Crippen LogP contribution in [0.15, 0.2) is 18.2 Å². The molecular weight excluding hydrogens is 372 g/mol. The quantitative estimate of drug-likeness (QED) is 0.535. The maximum absolute atomic E-state index is 12.2. The van der Waals surface area contributed by atoms with E-state index in [0.29, 0.717) is 5.92 Å². The van der Waals surface area contributed by atoms with Crippen LogP contribution in [0.3, 0.4) is 0 Å². The molecule has 1 amide bonds. The van der Waals surface area contributed by atoms with Crippen molar-refractivity contribution in [3.05, 3.63) is 34.0 Å². The van der Waals surface area contributed by atoms with Gasteiger partial charge in [-0.15, -0.1) is 0 Å². The van der Waals surface area contributed by atoms with Crippen LogP contribution in [0.5, 0.6) is 0 Å². The summed E-state index contributed by atoms with van der Waals surface area (Å²) in [6.07, 6.45) is 3.73. The van der Waals surface area contributed by atoms with E-state index >= 15 is 0 Å². The van der Waals surface area contributed by atoms with Crippen LogP contribution in [0.4, 0.5) is 10.5 Å². The summed E-state index contributed by atoms with van der Waals surface area (Å²) in [6, 6.07) is 4.91. The standard InChI is InChI=1S/C21H30N4O4/c1-15-18-8-7-17(25(27)28)14-19(18)24(22-15)11-5-6-16-9-12-23(13-10-16)20(26)29-21(2,3)4/h7-8,14,16H,5-6,9-13H2,1-4H3. The number of hydrogen-bond donors (Lipinski definition) is 0. The number of nitro benzene ring substituents is 1. The Kier molecular flexibility index (Phi) is 6.10. The van der Waals surface area contributed by atoms with E-state index in [-0.39, 0.29) is 16.7 Å². The molecule has 1 aliphatic heterocycles. The number of nitro groups is 1. The van der Waals surface area contributed by atoms with Crippen LogP contribution < -0.4 is 0 Å². The zero-order valence-electron chi connectivity index (χ0n) is 17.7. The topological polar surface area (TPSA) is 90.5 Å². The molecule has 1 fully saturated rings. The molecule has 0 spiro atoms. The summed E-state index contributed by atoms with van der Waals surface area (Å²) in [4.78, 5) is 24.7. The van der Waals surface area contributed by atoms with E-state index in [4.69, 9.17) is 4.74 Å². The van der Waals surface area contributed by atoms with Crippen LogP contribution in [0, 0.1) is 23.0 Å². The molecule has 3 rings (SSSR count). The number of piperidine rings is 1. The molecule has 0 bridgehead atoms. The average molecular weight is 402 g/mol. The van der Waals surface area contributed by atoms with Crippen LogP contribution in [-0.2, 0) is 11.3 Å². The molecule has 2 aromatic rings. The van der Waals surface area contributed by atoms with Gasteiger partial charge < -0.3 is 9.64 Å². The van der Waals surface area contributed by atoms with E-state index in [9.17, 15) is 14.9 Å². The Hall–Kier alpha value is -2.64. The van der Waals surface area contributed by atoms with Crippen molar-refractivity contribution in [2.45, 2.75) is 65.5 Å². The van der Waals surface area contributed by atoms with Gasteiger partial charge in [-0.1, -0.05) is 0 Å². The molecule has 0 saturated carbocycles. The fourth-order valence-electron chi connectivity index (χ4n) is 3.87. The Balaban J connectivity index is 1.52. The van der Waals surface area contributed by atoms with Crippen molar-refractivity contribution in [3.8, 4) is 0 Å². The molecule has 0 unspecified atom stereocenters. The van der Waals surface area contributed by atoms with E-state index in [0.717, 1.165) is 61.9 Å². The first kappa shape index (κ1) is 21.1. The summed E-state index contributed by atoms with van der Waals surface area (Å²) in [6.45, 7) is 9.77. The lowest BCUT2D eigenvalue weighted by Crippen LogP contribution is -2.41. The van der Waals surface area contributed by atoms with E-state index in [1.54, 1.807) is 17.0 Å². The third kappa shape index (κ3) is 5.25. The predicted molar refractivity (Wildman–Crippen MR) is 111 cm³/mol. The molecule has 0 radical (unpaired) electrons. The molecule has 1 aliphatic rings. The highest BCUT2D eigenvalue weighted by Crippen LogP contribution is 2.26. The van der Waals surface area contributed by atoms with Gasteiger partial charge in [-0.05, 0) is 65.4 Å². The maximum Gasteiger partial charge on any atom is 0.410 e. The Morgan fingerprint density at radius 2 is 2.00 bits per heavy atom. The van der Waals surface area contributed by atoms with Crippen molar-refractivity contribution in [1.29, 1.82) is 0 Å². The normalized spacial score (nSPS) is 15.7. The molecule has 8 nitrogen and oxygen atoms in total. The van der Waals surface area contributed by atoms with Crippen molar-refractivity contribution >= 4 is 22.7 Å². The first-order valence-electron chi connectivity index (χ1n) is 10.2. The van der Waals surface area contributed by atoms with E-state index in [2.05, 4.69) is 5.10 Å². The molecule has 158 valence electrons. The molecule has 0 aliphatic carbocycles. The number of rotatable bonds is 5. The van der Waals surface area contributed by atoms with Gasteiger partial charge in [0.05, 0.1) is 16.1 Å². The number of aromatic nitrogens is 2. The number of likely N-dealkylation sites (tertiary alicyclic amines) is 1. The zero-order chi connectivity index (χ0) is 21.2. The summed E-state index contributed by atoms with van der Waals surface area (Å²) in [5, 5.41) is 16.6. The van der Waals surface area contributed by atoms with E-state index < -0.39 is 5.60 Å². The molecule has 8 heteroatoms. The fourth-order valence-corrected chi connectivity index (χ4v) is 3.87. The maximum atomic E-state index is 12.2. The van der Waals surface area contributed by atoms with Crippen molar-refractivity contribution in [2.75, 3.05) is 13.1 Å². The first-order chi connectivity index (χ1) is 13.6. The number of carbonyl (C=O) groups is 1. The molecule has 0 atom stereocenters. The highest BCUT2D eigenvalue weighted by Gasteiger charge is 2.26. The molecule has 0 N–H and O–H groups in total. The Morgan fingerprint density at radius 3 is 2.62 bits per heavy atom. The summed E-state index contributed by atoms with van der Waals surface area (Å²) in [7, 11) is 0. The van der Waals surface area contributed by atoms with Gasteiger partial charge in [-0.3, -0.25) is 14.8 Å². The lowest BCUT2D eigenvalue weighted by Gasteiger charge is -2.33. The second-order valence-corrected chi connectivity index (χ2v) is 8.82. The van der Waals surface area contributed by atoms with Gasteiger partial charge in [0.2, 0.25) is 0 Å². The lowest BCUT2D eigenvalue weighted by atomic mass is 9.92.